The highest BCUT2D eigenvalue weighted by molar-refractivity contribution is 5.95. The van der Waals surface area contributed by atoms with Crippen molar-refractivity contribution in [2.24, 2.45) is 11.5 Å². The number of carbonyl (C=O) groups is 6. The number of amides is 4. The second-order valence-corrected chi connectivity index (χ2v) is 7.77. The lowest BCUT2D eigenvalue weighted by Crippen LogP contribution is -2.57. The zero-order chi connectivity index (χ0) is 26.7. The molecule has 4 atom stereocenters. The Morgan fingerprint density at radius 1 is 0.886 bits per heavy atom. The minimum Gasteiger partial charge on any atom is -0.508 e. The molecule has 0 heterocycles. The van der Waals surface area contributed by atoms with Gasteiger partial charge in [0.05, 0.1) is 12.5 Å². The number of aromatic hydroxyl groups is 1. The van der Waals surface area contributed by atoms with E-state index in [9.17, 15) is 39.0 Å². The van der Waals surface area contributed by atoms with E-state index in [0.717, 1.165) is 0 Å². The molecule has 0 aliphatic rings. The second-order valence-electron chi connectivity index (χ2n) is 7.77. The zero-order valence-corrected chi connectivity index (χ0v) is 18.9. The van der Waals surface area contributed by atoms with Gasteiger partial charge in [0.1, 0.15) is 23.9 Å². The van der Waals surface area contributed by atoms with Gasteiger partial charge in [0.25, 0.3) is 0 Å². The molecule has 192 valence electrons. The SMILES string of the molecule is CC(NC(=O)C(N)CC(N)=O)C(=O)NC(Cc1ccc(O)cc1)C(=O)NC(CCC(=O)O)C(=O)O. The summed E-state index contributed by atoms with van der Waals surface area (Å²) in [7, 11) is 0. The molecule has 4 amide bonds. The molecule has 0 bridgehead atoms. The fraction of sp³-hybridized carbons (Fsp3) is 0.429. The summed E-state index contributed by atoms with van der Waals surface area (Å²) in [6.45, 7) is 1.30. The molecule has 10 N–H and O–H groups in total. The van der Waals surface area contributed by atoms with Crippen molar-refractivity contribution >= 4 is 35.6 Å². The maximum atomic E-state index is 12.8. The van der Waals surface area contributed by atoms with E-state index < -0.39 is 72.6 Å². The number of hydrogen-bond acceptors (Lipinski definition) is 8. The molecule has 0 saturated heterocycles. The van der Waals surface area contributed by atoms with Crippen molar-refractivity contribution < 1.29 is 44.1 Å². The Morgan fingerprint density at radius 2 is 1.46 bits per heavy atom. The van der Waals surface area contributed by atoms with Crippen LogP contribution >= 0.6 is 0 Å². The number of carboxylic acid groups (broad SMARTS) is 2. The summed E-state index contributed by atoms with van der Waals surface area (Å²) in [4.78, 5) is 70.7. The van der Waals surface area contributed by atoms with Crippen molar-refractivity contribution in [1.29, 1.82) is 0 Å². The second kappa shape index (κ2) is 13.5. The van der Waals surface area contributed by atoms with Gasteiger partial charge in [0, 0.05) is 12.8 Å². The number of benzene rings is 1. The largest absolute Gasteiger partial charge is 0.508 e. The van der Waals surface area contributed by atoms with Gasteiger partial charge < -0.3 is 42.7 Å². The average Bonchev–Trinajstić information content (AvgIpc) is 2.76. The normalized spacial score (nSPS) is 14.0. The van der Waals surface area contributed by atoms with Crippen molar-refractivity contribution in [3.63, 3.8) is 0 Å². The predicted octanol–water partition coefficient (Wildman–Crippen LogP) is -2.44. The fourth-order valence-corrected chi connectivity index (χ4v) is 2.87. The van der Waals surface area contributed by atoms with Crippen molar-refractivity contribution in [3.05, 3.63) is 29.8 Å². The van der Waals surface area contributed by atoms with E-state index in [0.29, 0.717) is 5.56 Å². The van der Waals surface area contributed by atoms with E-state index in [4.69, 9.17) is 16.6 Å². The minimum absolute atomic E-state index is 0.0398. The lowest BCUT2D eigenvalue weighted by atomic mass is 10.0. The molecule has 0 aromatic heterocycles. The lowest BCUT2D eigenvalue weighted by Gasteiger charge is -2.24. The average molecular weight is 495 g/mol. The molecule has 0 aliphatic heterocycles. The van der Waals surface area contributed by atoms with Crippen LogP contribution in [0.1, 0.15) is 31.7 Å². The molecule has 1 rings (SSSR count). The van der Waals surface area contributed by atoms with Gasteiger partial charge in [-0.05, 0) is 31.0 Å². The molecule has 14 heteroatoms. The first-order valence-electron chi connectivity index (χ1n) is 10.5. The Balaban J connectivity index is 2.99. The van der Waals surface area contributed by atoms with Crippen molar-refractivity contribution in [1.82, 2.24) is 16.0 Å². The van der Waals surface area contributed by atoms with Crippen LogP contribution in [0, 0.1) is 0 Å². The minimum atomic E-state index is -1.53. The molecule has 35 heavy (non-hydrogen) atoms. The maximum Gasteiger partial charge on any atom is 0.326 e. The first-order chi connectivity index (χ1) is 16.3. The summed E-state index contributed by atoms with van der Waals surface area (Å²) in [6, 6.07) is 0.329. The van der Waals surface area contributed by atoms with E-state index >= 15 is 0 Å². The molecule has 1 aromatic rings. The van der Waals surface area contributed by atoms with Crippen LogP contribution in [-0.2, 0) is 35.2 Å². The van der Waals surface area contributed by atoms with Crippen LogP contribution in [0.4, 0.5) is 0 Å². The highest BCUT2D eigenvalue weighted by Crippen LogP contribution is 2.12. The first kappa shape index (κ1) is 28.8. The molecule has 0 fully saturated rings. The molecule has 4 unspecified atom stereocenters. The smallest absolute Gasteiger partial charge is 0.326 e. The summed E-state index contributed by atoms with van der Waals surface area (Å²) >= 11 is 0. The molecule has 0 radical (unpaired) electrons. The summed E-state index contributed by atoms with van der Waals surface area (Å²) in [5.41, 5.74) is 11.0. The number of nitrogens with one attached hydrogen (secondary N) is 3. The van der Waals surface area contributed by atoms with Gasteiger partial charge in [-0.3, -0.25) is 24.0 Å². The predicted molar refractivity (Wildman–Crippen MR) is 120 cm³/mol. The van der Waals surface area contributed by atoms with Crippen LogP contribution in [0.2, 0.25) is 0 Å². The number of aliphatic carboxylic acids is 2. The summed E-state index contributed by atoms with van der Waals surface area (Å²) in [6.07, 6.45) is -1.47. The summed E-state index contributed by atoms with van der Waals surface area (Å²) in [5.74, 6) is -6.12. The van der Waals surface area contributed by atoms with Gasteiger partial charge in [-0.1, -0.05) is 12.1 Å². The number of carbonyl (C=O) groups excluding carboxylic acids is 4. The summed E-state index contributed by atoms with van der Waals surface area (Å²) in [5, 5.41) is 34.4. The van der Waals surface area contributed by atoms with E-state index in [1.54, 1.807) is 0 Å². The van der Waals surface area contributed by atoms with E-state index in [1.165, 1.54) is 31.2 Å². The standard InChI is InChI=1S/C21H29N5O9/c1-10(24-19(32)13(22)9-16(23)28)18(31)26-15(8-11-2-4-12(27)5-3-11)20(33)25-14(21(34)35)6-7-17(29)30/h2-5,10,13-15,27H,6-9,22H2,1H3,(H2,23,28)(H,24,32)(H,25,33)(H,26,31)(H,29,30)(H,34,35). The third-order valence-electron chi connectivity index (χ3n) is 4.78. The van der Waals surface area contributed by atoms with Crippen LogP contribution in [-0.4, -0.2) is 75.1 Å². The quantitative estimate of drug-likeness (QED) is 0.135. The highest BCUT2D eigenvalue weighted by Gasteiger charge is 2.29. The number of phenolic OH excluding ortho intramolecular Hbond substituents is 1. The van der Waals surface area contributed by atoms with Crippen LogP contribution in [0.3, 0.4) is 0 Å². The van der Waals surface area contributed by atoms with Gasteiger partial charge in [0.2, 0.25) is 23.6 Å². The molecule has 14 nitrogen and oxygen atoms in total. The number of nitrogens with two attached hydrogens (primary N) is 2. The molecule has 0 spiro atoms. The number of rotatable bonds is 14. The van der Waals surface area contributed by atoms with Crippen LogP contribution in [0.5, 0.6) is 5.75 Å². The topological polar surface area (TPSA) is 251 Å². The van der Waals surface area contributed by atoms with Crippen LogP contribution in [0.15, 0.2) is 24.3 Å². The molecular weight excluding hydrogens is 466 g/mol. The fourth-order valence-electron chi connectivity index (χ4n) is 2.87. The van der Waals surface area contributed by atoms with Crippen LogP contribution in [0.25, 0.3) is 0 Å². The Hall–Kier alpha value is -4.20. The van der Waals surface area contributed by atoms with Crippen molar-refractivity contribution in [2.75, 3.05) is 0 Å². The number of primary amides is 1. The first-order valence-corrected chi connectivity index (χ1v) is 10.5. The third kappa shape index (κ3) is 10.5. The van der Waals surface area contributed by atoms with E-state index in [2.05, 4.69) is 16.0 Å². The van der Waals surface area contributed by atoms with Crippen molar-refractivity contribution in [3.8, 4) is 5.75 Å². The van der Waals surface area contributed by atoms with Gasteiger partial charge in [-0.25, -0.2) is 4.79 Å². The maximum absolute atomic E-state index is 12.8. The van der Waals surface area contributed by atoms with Crippen molar-refractivity contribution in [2.45, 2.75) is 56.8 Å². The lowest BCUT2D eigenvalue weighted by molar-refractivity contribution is -0.143. The van der Waals surface area contributed by atoms with Gasteiger partial charge >= 0.3 is 11.9 Å². The number of phenols is 1. The molecular formula is C21H29N5O9. The van der Waals surface area contributed by atoms with E-state index in [-0.39, 0.29) is 18.6 Å². The van der Waals surface area contributed by atoms with Gasteiger partial charge in [0.15, 0.2) is 0 Å². The number of carboxylic acids is 2. The summed E-state index contributed by atoms with van der Waals surface area (Å²) < 4.78 is 0. The van der Waals surface area contributed by atoms with Crippen LogP contribution < -0.4 is 27.4 Å². The Bertz CT molecular complexity index is 951. The van der Waals surface area contributed by atoms with E-state index in [1.807, 2.05) is 0 Å². The Kier molecular flexibility index (Phi) is 11.1. The monoisotopic (exact) mass is 495 g/mol. The molecule has 0 saturated carbocycles. The molecule has 0 aliphatic carbocycles. The Labute approximate surface area is 200 Å². The highest BCUT2D eigenvalue weighted by atomic mass is 16.4. The number of hydrogen-bond donors (Lipinski definition) is 8. The zero-order valence-electron chi connectivity index (χ0n) is 18.9. The third-order valence-corrected chi connectivity index (χ3v) is 4.78. The van der Waals surface area contributed by atoms with Gasteiger partial charge in [-0.2, -0.15) is 0 Å². The van der Waals surface area contributed by atoms with Gasteiger partial charge in [-0.15, -0.1) is 0 Å². The molecule has 1 aromatic carbocycles. The Morgan fingerprint density at radius 3 is 1.97 bits per heavy atom.